The summed E-state index contributed by atoms with van der Waals surface area (Å²) in [6.07, 6.45) is 15.7. The first-order valence-electron chi connectivity index (χ1n) is 11.6. The van der Waals surface area contributed by atoms with E-state index in [2.05, 4.69) is 36.9 Å². The number of nitrogens with zero attached hydrogens (tertiary/aromatic N) is 1. The van der Waals surface area contributed by atoms with Crippen molar-refractivity contribution in [2.24, 2.45) is 40.4 Å². The van der Waals surface area contributed by atoms with Gasteiger partial charge in [0.05, 0.1) is 18.1 Å². The van der Waals surface area contributed by atoms with Gasteiger partial charge >= 0.3 is 0 Å². The second kappa shape index (κ2) is 6.34. The minimum atomic E-state index is -0.0287. The molecule has 4 saturated carbocycles. The van der Waals surface area contributed by atoms with Crippen LogP contribution in [0.3, 0.4) is 0 Å². The molecule has 5 rings (SSSR count). The highest BCUT2D eigenvalue weighted by atomic mass is 16.3. The van der Waals surface area contributed by atoms with Crippen molar-refractivity contribution >= 4 is 0 Å². The molecule has 3 heteroatoms. The van der Waals surface area contributed by atoms with Gasteiger partial charge in [0.1, 0.15) is 0 Å². The summed E-state index contributed by atoms with van der Waals surface area (Å²) in [5, 5.41) is 10.2. The van der Waals surface area contributed by atoms with E-state index in [9.17, 15) is 5.11 Å². The zero-order chi connectivity index (χ0) is 18.8. The molecule has 1 aromatic rings. The first-order chi connectivity index (χ1) is 12.9. The highest BCUT2D eigenvalue weighted by Gasteiger charge is 2.60. The molecule has 0 spiro atoms. The Morgan fingerprint density at radius 3 is 2.59 bits per heavy atom. The van der Waals surface area contributed by atoms with Gasteiger partial charge in [0.2, 0.25) is 0 Å². The number of aromatic nitrogens is 2. The van der Waals surface area contributed by atoms with Gasteiger partial charge in [-0.2, -0.15) is 0 Å². The molecule has 4 aliphatic carbocycles. The highest BCUT2D eigenvalue weighted by molar-refractivity contribution is 5.14. The quantitative estimate of drug-likeness (QED) is 0.719. The van der Waals surface area contributed by atoms with Gasteiger partial charge in [0.15, 0.2) is 0 Å². The smallest absolute Gasteiger partial charge is 0.0923 e. The van der Waals surface area contributed by atoms with Crippen LogP contribution in [-0.4, -0.2) is 21.2 Å². The van der Waals surface area contributed by atoms with Crippen LogP contribution in [0.5, 0.6) is 0 Å². The number of hydrogen-bond acceptors (Lipinski definition) is 2. The number of aliphatic hydroxyl groups excluding tert-OH is 1. The molecule has 0 aromatic carbocycles. The molecule has 3 nitrogen and oxygen atoms in total. The predicted molar refractivity (Wildman–Crippen MR) is 108 cm³/mol. The monoisotopic (exact) mass is 370 g/mol. The average Bonchev–Trinajstić information content (AvgIpc) is 3.29. The van der Waals surface area contributed by atoms with Crippen molar-refractivity contribution in [3.63, 3.8) is 0 Å². The summed E-state index contributed by atoms with van der Waals surface area (Å²) >= 11 is 0. The molecule has 27 heavy (non-hydrogen) atoms. The highest BCUT2D eigenvalue weighted by Crippen LogP contribution is 2.68. The van der Waals surface area contributed by atoms with Gasteiger partial charge in [-0.15, -0.1) is 0 Å². The van der Waals surface area contributed by atoms with Crippen LogP contribution >= 0.6 is 0 Å². The number of nitrogens with one attached hydrogen (secondary N) is 1. The van der Waals surface area contributed by atoms with Crippen LogP contribution in [0.25, 0.3) is 0 Å². The minimum Gasteiger partial charge on any atom is -0.393 e. The first kappa shape index (κ1) is 18.2. The van der Waals surface area contributed by atoms with Crippen LogP contribution in [0.4, 0.5) is 0 Å². The van der Waals surface area contributed by atoms with Crippen LogP contribution in [0.2, 0.25) is 0 Å². The molecule has 150 valence electrons. The lowest BCUT2D eigenvalue weighted by atomic mass is 9.44. The Labute approximate surface area is 164 Å². The van der Waals surface area contributed by atoms with Crippen molar-refractivity contribution in [3.8, 4) is 0 Å². The molecule has 0 amide bonds. The number of rotatable bonds is 2. The van der Waals surface area contributed by atoms with Gasteiger partial charge < -0.3 is 10.1 Å². The molecular formula is C24H38N2O. The van der Waals surface area contributed by atoms with Gasteiger partial charge in [-0.1, -0.05) is 20.8 Å². The van der Waals surface area contributed by atoms with E-state index in [1.54, 1.807) is 0 Å². The molecular weight excluding hydrogens is 332 g/mol. The van der Waals surface area contributed by atoms with Crippen molar-refractivity contribution in [2.75, 3.05) is 0 Å². The number of fused-ring (bicyclic) bond motifs is 5. The normalized spacial score (nSPS) is 50.5. The van der Waals surface area contributed by atoms with E-state index >= 15 is 0 Å². The van der Waals surface area contributed by atoms with Gasteiger partial charge in [0.25, 0.3) is 0 Å². The third kappa shape index (κ3) is 2.59. The Morgan fingerprint density at radius 2 is 1.81 bits per heavy atom. The fraction of sp³-hybridized carbons (Fsp3) is 0.875. The summed E-state index contributed by atoms with van der Waals surface area (Å²) in [5.74, 6) is 4.86. The molecule has 2 N–H and O–H groups in total. The van der Waals surface area contributed by atoms with Crippen LogP contribution in [0, 0.1) is 40.4 Å². The van der Waals surface area contributed by atoms with Crippen LogP contribution in [0.1, 0.15) is 90.2 Å². The number of hydrogen-bond donors (Lipinski definition) is 2. The molecule has 0 aliphatic heterocycles. The zero-order valence-corrected chi connectivity index (χ0v) is 17.5. The maximum atomic E-state index is 10.2. The molecule has 1 aromatic heterocycles. The van der Waals surface area contributed by atoms with E-state index in [0.29, 0.717) is 16.7 Å². The number of H-pyrrole nitrogens is 1. The summed E-state index contributed by atoms with van der Waals surface area (Å²) in [6.45, 7) is 7.65. The topological polar surface area (TPSA) is 48.9 Å². The molecule has 4 aliphatic rings. The lowest BCUT2D eigenvalue weighted by Gasteiger charge is -2.61. The minimum absolute atomic E-state index is 0.0287. The van der Waals surface area contributed by atoms with E-state index in [1.165, 1.54) is 50.6 Å². The Kier molecular flexibility index (Phi) is 4.28. The third-order valence-electron chi connectivity index (χ3n) is 10.3. The SMILES string of the molecule is CC(c1c[nH]cn1)[C@H]1CC[C@H]2[C@@H]3CC[C@H]4C[C@@H](O)CC[C@]4(C)[C@H]3CC[C@]12C. The standard InChI is InChI=1S/C24H38N2O/c1-15(22-13-25-14-26-22)19-6-7-20-18-5-4-16-12-17(27)8-10-23(16,2)21(18)9-11-24(19,20)3/h13-21,27H,4-12H2,1-3H3,(H,25,26)/t15?,16-,17-,18-,19+,20-,21-,23-,24+/m0/s1. The summed E-state index contributed by atoms with van der Waals surface area (Å²) in [5.41, 5.74) is 2.26. The second-order valence-electron chi connectivity index (χ2n) is 11.1. The Hall–Kier alpha value is -0.830. The summed E-state index contributed by atoms with van der Waals surface area (Å²) in [6, 6.07) is 0. The van der Waals surface area contributed by atoms with Crippen molar-refractivity contribution in [1.29, 1.82) is 0 Å². The van der Waals surface area contributed by atoms with Crippen LogP contribution in [0.15, 0.2) is 12.5 Å². The molecule has 0 saturated heterocycles. The fourth-order valence-corrected chi connectivity index (χ4v) is 8.82. The van der Waals surface area contributed by atoms with Crippen molar-refractivity contribution in [3.05, 3.63) is 18.2 Å². The zero-order valence-electron chi connectivity index (χ0n) is 17.5. The van der Waals surface area contributed by atoms with Crippen molar-refractivity contribution in [2.45, 2.75) is 90.6 Å². The van der Waals surface area contributed by atoms with E-state index in [1.807, 2.05) is 6.33 Å². The number of aromatic amines is 1. The molecule has 0 radical (unpaired) electrons. The van der Waals surface area contributed by atoms with Gasteiger partial charge in [0, 0.05) is 12.1 Å². The maximum absolute atomic E-state index is 10.2. The van der Waals surface area contributed by atoms with Gasteiger partial charge in [-0.05, 0) is 98.2 Å². The molecule has 1 heterocycles. The average molecular weight is 371 g/mol. The van der Waals surface area contributed by atoms with E-state index in [4.69, 9.17) is 0 Å². The number of aliphatic hydroxyl groups is 1. The Bertz CT molecular complexity index is 672. The Balaban J connectivity index is 1.40. The van der Waals surface area contributed by atoms with Gasteiger partial charge in [-0.3, -0.25) is 0 Å². The maximum Gasteiger partial charge on any atom is 0.0923 e. The lowest BCUT2D eigenvalue weighted by Crippen LogP contribution is -2.54. The lowest BCUT2D eigenvalue weighted by molar-refractivity contribution is -0.127. The van der Waals surface area contributed by atoms with Crippen molar-refractivity contribution in [1.82, 2.24) is 9.97 Å². The summed E-state index contributed by atoms with van der Waals surface area (Å²) in [4.78, 5) is 7.78. The van der Waals surface area contributed by atoms with Crippen LogP contribution < -0.4 is 0 Å². The Morgan fingerprint density at radius 1 is 1.04 bits per heavy atom. The molecule has 9 atom stereocenters. The predicted octanol–water partition coefficient (Wildman–Crippen LogP) is 5.53. The van der Waals surface area contributed by atoms with Crippen molar-refractivity contribution < 1.29 is 5.11 Å². The second-order valence-corrected chi connectivity index (χ2v) is 11.1. The largest absolute Gasteiger partial charge is 0.393 e. The van der Waals surface area contributed by atoms with E-state index in [-0.39, 0.29) is 6.10 Å². The van der Waals surface area contributed by atoms with Gasteiger partial charge in [-0.25, -0.2) is 4.98 Å². The summed E-state index contributed by atoms with van der Waals surface area (Å²) < 4.78 is 0. The first-order valence-corrected chi connectivity index (χ1v) is 11.6. The summed E-state index contributed by atoms with van der Waals surface area (Å²) in [7, 11) is 0. The van der Waals surface area contributed by atoms with Crippen LogP contribution in [-0.2, 0) is 0 Å². The molecule has 0 bridgehead atoms. The van der Waals surface area contributed by atoms with E-state index in [0.717, 1.165) is 42.4 Å². The fourth-order valence-electron chi connectivity index (χ4n) is 8.82. The third-order valence-corrected chi connectivity index (χ3v) is 10.3. The molecule has 4 fully saturated rings. The van der Waals surface area contributed by atoms with E-state index < -0.39 is 0 Å². The molecule has 1 unspecified atom stereocenters. The number of imidazole rings is 1.